The van der Waals surface area contributed by atoms with Crippen molar-refractivity contribution < 1.29 is 32.5 Å². The van der Waals surface area contributed by atoms with Crippen LogP contribution in [0, 0.1) is 6.92 Å². The molecule has 8 heteroatoms. The number of hydrogen-bond acceptors (Lipinski definition) is 3. The van der Waals surface area contributed by atoms with Gasteiger partial charge >= 0.3 is 12.1 Å². The second-order valence-corrected chi connectivity index (χ2v) is 4.78. The highest BCUT2D eigenvalue weighted by Crippen LogP contribution is 2.45. The number of carboxylic acids is 1. The zero-order valence-electron chi connectivity index (χ0n) is 10.9. The third-order valence-corrected chi connectivity index (χ3v) is 3.46. The second-order valence-electron chi connectivity index (χ2n) is 4.37. The van der Waals surface area contributed by atoms with Crippen molar-refractivity contribution in [2.24, 2.45) is 0 Å². The summed E-state index contributed by atoms with van der Waals surface area (Å²) in [7, 11) is 1.25. The molecular formula is C13H10ClF3O4. The van der Waals surface area contributed by atoms with Crippen LogP contribution < -0.4 is 9.47 Å². The lowest BCUT2D eigenvalue weighted by Gasteiger charge is -2.29. The molecule has 2 rings (SSSR count). The molecule has 1 unspecified atom stereocenters. The summed E-state index contributed by atoms with van der Waals surface area (Å²) in [5.74, 6) is -1.87. The van der Waals surface area contributed by atoms with Gasteiger partial charge in [0.2, 0.25) is 6.10 Å². The number of carbonyl (C=O) groups is 1. The Hall–Kier alpha value is -1.89. The molecule has 1 heterocycles. The maximum atomic E-state index is 13.0. The van der Waals surface area contributed by atoms with Crippen LogP contribution in [-0.2, 0) is 4.79 Å². The number of fused-ring (bicyclic) bond motifs is 1. The van der Waals surface area contributed by atoms with Crippen LogP contribution in [0.4, 0.5) is 13.2 Å². The number of carboxylic acid groups (broad SMARTS) is 1. The second kappa shape index (κ2) is 5.14. The topological polar surface area (TPSA) is 55.8 Å². The number of methoxy groups -OCH3 is 1. The highest BCUT2D eigenvalue weighted by atomic mass is 35.5. The molecule has 0 spiro atoms. The third-order valence-electron chi connectivity index (χ3n) is 3.07. The Kier molecular flexibility index (Phi) is 3.79. The highest BCUT2D eigenvalue weighted by Gasteiger charge is 2.49. The van der Waals surface area contributed by atoms with E-state index in [1.165, 1.54) is 13.2 Å². The quantitative estimate of drug-likeness (QED) is 0.906. The van der Waals surface area contributed by atoms with Gasteiger partial charge in [-0.05, 0) is 18.6 Å². The Bertz CT molecular complexity index is 637. The van der Waals surface area contributed by atoms with Crippen LogP contribution in [0.5, 0.6) is 11.5 Å². The van der Waals surface area contributed by atoms with Crippen LogP contribution in [0.1, 0.15) is 11.1 Å². The van der Waals surface area contributed by atoms with E-state index < -0.39 is 23.8 Å². The van der Waals surface area contributed by atoms with Gasteiger partial charge in [-0.2, -0.15) is 13.2 Å². The fraction of sp³-hybridized carbons (Fsp3) is 0.308. The van der Waals surface area contributed by atoms with E-state index in [0.29, 0.717) is 5.56 Å². The van der Waals surface area contributed by atoms with Gasteiger partial charge in [0.1, 0.15) is 0 Å². The lowest BCUT2D eigenvalue weighted by molar-refractivity contribution is -0.187. The van der Waals surface area contributed by atoms with Crippen molar-refractivity contribution in [3.8, 4) is 11.5 Å². The van der Waals surface area contributed by atoms with Crippen LogP contribution in [0.2, 0.25) is 5.02 Å². The first kappa shape index (κ1) is 15.5. The summed E-state index contributed by atoms with van der Waals surface area (Å²) in [6.07, 6.45) is -6.50. The Balaban J connectivity index is 2.71. The van der Waals surface area contributed by atoms with Gasteiger partial charge in [-0.15, -0.1) is 0 Å². The molecule has 0 fully saturated rings. The molecule has 4 nitrogen and oxygen atoms in total. The normalized spacial score (nSPS) is 17.6. The number of benzene rings is 1. The van der Waals surface area contributed by atoms with E-state index in [1.54, 1.807) is 6.92 Å². The number of rotatable bonds is 2. The van der Waals surface area contributed by atoms with Gasteiger partial charge in [-0.3, -0.25) is 0 Å². The molecule has 0 amide bonds. The van der Waals surface area contributed by atoms with Crippen LogP contribution in [0.3, 0.4) is 0 Å². The lowest BCUT2D eigenvalue weighted by Crippen LogP contribution is -2.40. The molecule has 114 valence electrons. The van der Waals surface area contributed by atoms with E-state index in [4.69, 9.17) is 26.2 Å². The first-order valence-corrected chi connectivity index (χ1v) is 6.10. The van der Waals surface area contributed by atoms with Crippen molar-refractivity contribution in [3.05, 3.63) is 27.8 Å². The minimum absolute atomic E-state index is 0.00976. The monoisotopic (exact) mass is 322 g/mol. The molecule has 0 saturated heterocycles. The SMILES string of the molecule is COc1cc(Cl)c(C)c2c1OC(C(F)(F)F)C(C(=O)O)=C2. The van der Waals surface area contributed by atoms with Crippen LogP contribution in [0.25, 0.3) is 6.08 Å². The van der Waals surface area contributed by atoms with Crippen molar-refractivity contribution in [1.29, 1.82) is 0 Å². The average molecular weight is 323 g/mol. The molecule has 0 aliphatic carbocycles. The van der Waals surface area contributed by atoms with Gasteiger partial charge in [0.15, 0.2) is 11.5 Å². The molecule has 1 N–H and O–H groups in total. The number of ether oxygens (including phenoxy) is 2. The molecule has 0 bridgehead atoms. The largest absolute Gasteiger partial charge is 0.493 e. The highest BCUT2D eigenvalue weighted by molar-refractivity contribution is 6.31. The van der Waals surface area contributed by atoms with Crippen molar-refractivity contribution in [1.82, 2.24) is 0 Å². The Labute approximate surface area is 122 Å². The maximum absolute atomic E-state index is 13.0. The van der Waals surface area contributed by atoms with Crippen molar-refractivity contribution in [2.45, 2.75) is 19.2 Å². The summed E-state index contributed by atoms with van der Waals surface area (Å²) in [5, 5.41) is 9.21. The van der Waals surface area contributed by atoms with Gasteiger partial charge in [0, 0.05) is 16.7 Å². The van der Waals surface area contributed by atoms with Crippen molar-refractivity contribution >= 4 is 23.6 Å². The van der Waals surface area contributed by atoms with Gasteiger partial charge in [-0.25, -0.2) is 4.79 Å². The third kappa shape index (κ3) is 2.65. The van der Waals surface area contributed by atoms with Crippen LogP contribution >= 0.6 is 11.6 Å². The molecule has 1 atom stereocenters. The van der Waals surface area contributed by atoms with Crippen LogP contribution in [-0.4, -0.2) is 30.5 Å². The van der Waals surface area contributed by atoms with Gasteiger partial charge < -0.3 is 14.6 Å². The minimum Gasteiger partial charge on any atom is -0.493 e. The maximum Gasteiger partial charge on any atom is 0.430 e. The van der Waals surface area contributed by atoms with Crippen LogP contribution in [0.15, 0.2) is 11.6 Å². The number of hydrogen-bond donors (Lipinski definition) is 1. The van der Waals surface area contributed by atoms with E-state index in [-0.39, 0.29) is 22.1 Å². The van der Waals surface area contributed by atoms with Crippen molar-refractivity contribution in [2.75, 3.05) is 7.11 Å². The Morgan fingerprint density at radius 3 is 2.57 bits per heavy atom. The smallest absolute Gasteiger partial charge is 0.430 e. The first-order valence-electron chi connectivity index (χ1n) is 5.72. The van der Waals surface area contributed by atoms with Gasteiger partial charge in [-0.1, -0.05) is 11.6 Å². The Morgan fingerprint density at radius 2 is 2.10 bits per heavy atom. The lowest BCUT2D eigenvalue weighted by atomic mass is 9.97. The summed E-state index contributed by atoms with van der Waals surface area (Å²) < 4.78 is 48.7. The van der Waals surface area contributed by atoms with E-state index in [1.807, 2.05) is 0 Å². The summed E-state index contributed by atoms with van der Waals surface area (Å²) in [6, 6.07) is 1.32. The molecule has 1 aliphatic rings. The predicted octanol–water partition coefficient (Wildman–Crippen LogP) is 3.45. The standard InChI is InChI=1S/C13H10ClF3O4/c1-5-6-3-7(12(18)19)11(13(15,16)17)21-10(6)9(20-2)4-8(5)14/h3-4,11H,1-2H3,(H,18,19). The predicted molar refractivity (Wildman–Crippen MR) is 68.8 cm³/mol. The molecule has 1 aromatic rings. The van der Waals surface area contributed by atoms with E-state index in [2.05, 4.69) is 0 Å². The zero-order valence-corrected chi connectivity index (χ0v) is 11.7. The summed E-state index contributed by atoms with van der Waals surface area (Å²) in [4.78, 5) is 11.1. The van der Waals surface area contributed by atoms with Gasteiger partial charge in [0.25, 0.3) is 0 Å². The first-order chi connectivity index (χ1) is 9.66. The number of halogens is 4. The number of aliphatic carboxylic acids is 1. The van der Waals surface area contributed by atoms with E-state index in [0.717, 1.165) is 6.08 Å². The molecule has 0 aromatic heterocycles. The summed E-state index contributed by atoms with van der Waals surface area (Å²) >= 11 is 5.95. The molecule has 0 saturated carbocycles. The minimum atomic E-state index is -4.86. The Morgan fingerprint density at radius 1 is 1.48 bits per heavy atom. The van der Waals surface area contributed by atoms with E-state index in [9.17, 15) is 18.0 Å². The molecule has 1 aliphatic heterocycles. The summed E-state index contributed by atoms with van der Waals surface area (Å²) in [5.41, 5.74) is -0.327. The fourth-order valence-electron chi connectivity index (χ4n) is 2.00. The molecule has 1 aromatic carbocycles. The summed E-state index contributed by atoms with van der Waals surface area (Å²) in [6.45, 7) is 1.55. The van der Waals surface area contributed by atoms with Gasteiger partial charge in [0.05, 0.1) is 12.7 Å². The average Bonchev–Trinajstić information content (AvgIpc) is 2.40. The fourth-order valence-corrected chi connectivity index (χ4v) is 2.20. The number of alkyl halides is 3. The zero-order chi connectivity index (χ0) is 15.9. The van der Waals surface area contributed by atoms with E-state index >= 15 is 0 Å². The molecule has 0 radical (unpaired) electrons. The molecule has 21 heavy (non-hydrogen) atoms. The molecular weight excluding hydrogens is 313 g/mol. The van der Waals surface area contributed by atoms with Crippen molar-refractivity contribution in [3.63, 3.8) is 0 Å².